The van der Waals surface area contributed by atoms with Gasteiger partial charge in [0.05, 0.1) is 6.20 Å². The van der Waals surface area contributed by atoms with Crippen molar-refractivity contribution in [3.05, 3.63) is 102 Å². The zero-order valence-electron chi connectivity index (χ0n) is 14.5. The molecule has 126 valence electrons. The number of H-pyrrole nitrogens is 1. The van der Waals surface area contributed by atoms with E-state index in [2.05, 4.69) is 23.2 Å². The number of aromatic amines is 1. The van der Waals surface area contributed by atoms with Gasteiger partial charge in [-0.2, -0.15) is 0 Å². The zero-order chi connectivity index (χ0) is 17.8. The van der Waals surface area contributed by atoms with E-state index in [-0.39, 0.29) is 0 Å². The lowest BCUT2D eigenvalue weighted by Gasteiger charge is -2.04. The summed E-state index contributed by atoms with van der Waals surface area (Å²) in [5, 5.41) is 0. The van der Waals surface area contributed by atoms with Gasteiger partial charge in [-0.25, -0.2) is 4.98 Å². The molecule has 4 aromatic rings. The molecule has 4 rings (SSSR count). The predicted octanol–water partition coefficient (Wildman–Crippen LogP) is 4.97. The minimum absolute atomic E-state index is 0.566. The van der Waals surface area contributed by atoms with Crippen molar-refractivity contribution in [2.24, 2.45) is 4.99 Å². The molecule has 0 fully saturated rings. The molecule has 3 nitrogen and oxygen atoms in total. The van der Waals surface area contributed by atoms with E-state index in [1.165, 1.54) is 0 Å². The molecule has 1 N–H and O–H groups in total. The molecular weight excluding hydrogens is 320 g/mol. The second kappa shape index (κ2) is 7.19. The fourth-order valence-corrected chi connectivity index (χ4v) is 2.83. The first-order valence-corrected chi connectivity index (χ1v) is 8.58. The smallest absolute Gasteiger partial charge is 0.334 e. The van der Waals surface area contributed by atoms with Crippen LogP contribution in [0.3, 0.4) is 0 Å². The van der Waals surface area contributed by atoms with E-state index in [0.717, 1.165) is 33.8 Å². The predicted molar refractivity (Wildman–Crippen MR) is 103 cm³/mol. The van der Waals surface area contributed by atoms with E-state index in [4.69, 9.17) is 9.41 Å². The van der Waals surface area contributed by atoms with Crippen molar-refractivity contribution < 1.29 is 9.40 Å². The van der Waals surface area contributed by atoms with Crippen LogP contribution in [0.4, 0.5) is 5.82 Å². The van der Waals surface area contributed by atoms with Gasteiger partial charge in [0.25, 0.3) is 0 Å². The van der Waals surface area contributed by atoms with E-state index in [1.54, 1.807) is 0 Å². The summed E-state index contributed by atoms with van der Waals surface area (Å²) in [4.78, 5) is 7.87. The van der Waals surface area contributed by atoms with Gasteiger partial charge in [0.15, 0.2) is 0 Å². The van der Waals surface area contributed by atoms with Gasteiger partial charge in [-0.05, 0) is 41.2 Å². The topological polar surface area (TPSA) is 39.6 Å². The monoisotopic (exact) mass is 339 g/mol. The van der Waals surface area contributed by atoms with Crippen molar-refractivity contribution in [1.29, 1.82) is 0 Å². The van der Waals surface area contributed by atoms with Crippen LogP contribution in [0.15, 0.2) is 101 Å². The number of aryl methyl sites for hydroxylation is 1. The molecule has 0 saturated carbocycles. The highest BCUT2D eigenvalue weighted by molar-refractivity contribution is 5.69. The molecule has 0 spiro atoms. The highest BCUT2D eigenvalue weighted by Gasteiger charge is 2.10. The van der Waals surface area contributed by atoms with Crippen LogP contribution in [-0.4, -0.2) is 0 Å². The fraction of sp³-hybridized carbons (Fsp3) is 0.0435. The Morgan fingerprint density at radius 2 is 1.42 bits per heavy atom. The highest BCUT2D eigenvalue weighted by Crippen LogP contribution is 2.24. The number of hydrogen-bond donors (Lipinski definition) is 0. The van der Waals surface area contributed by atoms with Crippen LogP contribution in [0.1, 0.15) is 5.56 Å². The third-order valence-corrected chi connectivity index (χ3v) is 4.20. The third-order valence-electron chi connectivity index (χ3n) is 4.20. The summed E-state index contributed by atoms with van der Waals surface area (Å²) >= 11 is 0. The maximum atomic E-state index is 6.10. The van der Waals surface area contributed by atoms with Crippen molar-refractivity contribution in [1.82, 2.24) is 0 Å². The summed E-state index contributed by atoms with van der Waals surface area (Å²) < 4.78 is 6.10. The number of pyridine rings is 1. The minimum Gasteiger partial charge on any atom is -0.420 e. The standard InChI is InChI=1S/C23H18N2O/c1-17-9-8-14-24-23(17)25-22-16-20(18-10-4-2-5-11-18)15-21(26-22)19-12-6-3-7-13-19/h2-16H,1H3/p+1. The summed E-state index contributed by atoms with van der Waals surface area (Å²) in [6.07, 6.45) is 1.87. The van der Waals surface area contributed by atoms with Crippen LogP contribution in [0.5, 0.6) is 0 Å². The van der Waals surface area contributed by atoms with E-state index in [9.17, 15) is 0 Å². The Morgan fingerprint density at radius 3 is 2.12 bits per heavy atom. The Kier molecular flexibility index (Phi) is 4.44. The maximum Gasteiger partial charge on any atom is 0.334 e. The Hall–Kier alpha value is -3.46. The first-order chi connectivity index (χ1) is 12.8. The van der Waals surface area contributed by atoms with Crippen molar-refractivity contribution in [3.63, 3.8) is 0 Å². The zero-order valence-corrected chi connectivity index (χ0v) is 14.5. The van der Waals surface area contributed by atoms with Crippen molar-refractivity contribution in [2.45, 2.75) is 6.92 Å². The molecule has 2 aromatic carbocycles. The van der Waals surface area contributed by atoms with Gasteiger partial charge in [0.2, 0.25) is 0 Å². The number of aromatic nitrogens is 1. The number of nitrogens with zero attached hydrogens (tertiary/aromatic N) is 1. The second-order valence-corrected chi connectivity index (χ2v) is 6.09. The minimum atomic E-state index is 0.566. The van der Waals surface area contributed by atoms with Crippen molar-refractivity contribution >= 4 is 5.82 Å². The summed E-state index contributed by atoms with van der Waals surface area (Å²) in [5.41, 5.74) is 4.86. The first kappa shape index (κ1) is 16.0. The average Bonchev–Trinajstić information content (AvgIpc) is 2.71. The molecule has 0 saturated heterocycles. The van der Waals surface area contributed by atoms with E-state index >= 15 is 0 Å². The Bertz CT molecular complexity index is 1020. The maximum absolute atomic E-state index is 6.10. The van der Waals surface area contributed by atoms with Gasteiger partial charge in [0, 0.05) is 17.2 Å². The van der Waals surface area contributed by atoms with Crippen LogP contribution in [0.2, 0.25) is 0 Å². The molecule has 0 unspecified atom stereocenters. The molecule has 0 aliphatic rings. The normalized spacial score (nSPS) is 11.5. The molecule has 0 aliphatic heterocycles. The Balaban J connectivity index is 1.93. The largest absolute Gasteiger partial charge is 0.420 e. The molecule has 2 heterocycles. The van der Waals surface area contributed by atoms with Crippen LogP contribution in [0.25, 0.3) is 22.5 Å². The molecule has 0 amide bonds. The van der Waals surface area contributed by atoms with Crippen LogP contribution in [0, 0.1) is 6.92 Å². The van der Waals surface area contributed by atoms with Gasteiger partial charge < -0.3 is 4.42 Å². The molecule has 2 aromatic heterocycles. The molecule has 0 bridgehead atoms. The number of hydrogen-bond acceptors (Lipinski definition) is 2. The molecule has 0 aliphatic carbocycles. The van der Waals surface area contributed by atoms with Gasteiger partial charge in [-0.3, -0.25) is 0 Å². The summed E-state index contributed by atoms with van der Waals surface area (Å²) in [6, 6.07) is 28.4. The first-order valence-electron chi connectivity index (χ1n) is 8.58. The van der Waals surface area contributed by atoms with Crippen LogP contribution in [-0.2, 0) is 0 Å². The van der Waals surface area contributed by atoms with Crippen LogP contribution >= 0.6 is 0 Å². The molecule has 0 atom stereocenters. The van der Waals surface area contributed by atoms with Gasteiger partial charge in [-0.15, -0.1) is 0 Å². The summed E-state index contributed by atoms with van der Waals surface area (Å²) in [6.45, 7) is 2.02. The summed E-state index contributed by atoms with van der Waals surface area (Å²) in [7, 11) is 0. The third kappa shape index (κ3) is 3.47. The molecular formula is C23H19N2O+. The van der Waals surface area contributed by atoms with Crippen molar-refractivity contribution in [2.75, 3.05) is 0 Å². The van der Waals surface area contributed by atoms with E-state index in [1.807, 2.05) is 79.9 Å². The lowest BCUT2D eigenvalue weighted by molar-refractivity contribution is -0.363. The van der Waals surface area contributed by atoms with Gasteiger partial charge in [0.1, 0.15) is 5.76 Å². The summed E-state index contributed by atoms with van der Waals surface area (Å²) in [5.74, 6) is 1.58. The van der Waals surface area contributed by atoms with E-state index < -0.39 is 0 Å². The SMILES string of the molecule is Cc1ccc[nH+]c1N=c1cc(-c2ccccc2)cc(-c2ccccc2)o1. The van der Waals surface area contributed by atoms with Gasteiger partial charge in [-0.1, -0.05) is 60.7 Å². The lowest BCUT2D eigenvalue weighted by atomic mass is 10.0. The van der Waals surface area contributed by atoms with Crippen LogP contribution < -0.4 is 10.5 Å². The number of benzene rings is 2. The van der Waals surface area contributed by atoms with Crippen molar-refractivity contribution in [3.8, 4) is 22.5 Å². The molecule has 3 heteroatoms. The fourth-order valence-electron chi connectivity index (χ4n) is 2.83. The second-order valence-electron chi connectivity index (χ2n) is 6.09. The molecule has 26 heavy (non-hydrogen) atoms. The quantitative estimate of drug-likeness (QED) is 0.519. The lowest BCUT2D eigenvalue weighted by Crippen LogP contribution is -2.08. The van der Waals surface area contributed by atoms with Gasteiger partial charge >= 0.3 is 11.4 Å². The Labute approximate surface area is 152 Å². The average molecular weight is 339 g/mol. The molecule has 0 radical (unpaired) electrons. The highest BCUT2D eigenvalue weighted by atomic mass is 16.3. The number of rotatable bonds is 3. The number of nitrogens with one attached hydrogen (secondary N) is 1. The Morgan fingerprint density at radius 1 is 0.731 bits per heavy atom. The van der Waals surface area contributed by atoms with E-state index in [0.29, 0.717) is 5.55 Å².